The van der Waals surface area contributed by atoms with Crippen molar-refractivity contribution in [2.24, 2.45) is 7.05 Å². The predicted molar refractivity (Wildman–Crippen MR) is 117 cm³/mol. The molecule has 2 heterocycles. The molecule has 1 fully saturated rings. The van der Waals surface area contributed by atoms with Crippen LogP contribution in [0.25, 0.3) is 21.8 Å². The number of aryl methyl sites for hydroxylation is 1. The zero-order valence-corrected chi connectivity index (χ0v) is 17.6. The van der Waals surface area contributed by atoms with Gasteiger partial charge in [-0.3, -0.25) is 9.48 Å². The summed E-state index contributed by atoms with van der Waals surface area (Å²) in [5.74, 6) is 0.499. The molecule has 0 unspecified atom stereocenters. The van der Waals surface area contributed by atoms with Gasteiger partial charge in [0.1, 0.15) is 5.82 Å². The Morgan fingerprint density at radius 1 is 1.21 bits per heavy atom. The van der Waals surface area contributed by atoms with E-state index in [1.807, 2.05) is 42.3 Å². The third-order valence-electron chi connectivity index (χ3n) is 5.47. The maximum absolute atomic E-state index is 13.4. The fourth-order valence-electron chi connectivity index (χ4n) is 3.80. The first-order chi connectivity index (χ1) is 14.0. The molecular weight excluding hydrogens is 430 g/mol. The third-order valence-corrected chi connectivity index (χ3v) is 6.00. The van der Waals surface area contributed by atoms with Gasteiger partial charge in [-0.15, -0.1) is 0 Å². The monoisotopic (exact) mass is 449 g/mol. The first-order valence-electron chi connectivity index (χ1n) is 9.57. The highest BCUT2D eigenvalue weighted by Crippen LogP contribution is 2.32. The van der Waals surface area contributed by atoms with Gasteiger partial charge >= 0.3 is 0 Å². The van der Waals surface area contributed by atoms with E-state index < -0.39 is 0 Å². The average molecular weight is 450 g/mol. The number of pyridine rings is 1. The van der Waals surface area contributed by atoms with Gasteiger partial charge < -0.3 is 10.6 Å². The van der Waals surface area contributed by atoms with Crippen molar-refractivity contribution in [1.29, 1.82) is 0 Å². The van der Waals surface area contributed by atoms with Crippen LogP contribution in [-0.4, -0.2) is 31.6 Å². The first kappa shape index (κ1) is 18.1. The predicted octanol–water partition coefficient (Wildman–Crippen LogP) is 4.27. The molecule has 7 heteroatoms. The van der Waals surface area contributed by atoms with E-state index in [0.29, 0.717) is 24.0 Å². The number of halogens is 1. The molecule has 1 aliphatic carbocycles. The fraction of sp³-hybridized carbons (Fsp3) is 0.227. The highest BCUT2D eigenvalue weighted by Gasteiger charge is 2.33. The number of aromatic nitrogens is 3. The zero-order chi connectivity index (χ0) is 20.1. The average Bonchev–Trinajstić information content (AvgIpc) is 3.48. The number of benzene rings is 2. The fourth-order valence-corrected chi connectivity index (χ4v) is 4.06. The summed E-state index contributed by atoms with van der Waals surface area (Å²) in [6, 6.07) is 14.1. The molecule has 1 aliphatic rings. The molecule has 1 amide bonds. The number of hydrogen-bond donors (Lipinski definition) is 1. The second-order valence-corrected chi connectivity index (χ2v) is 8.47. The lowest BCUT2D eigenvalue weighted by Gasteiger charge is -2.23. The van der Waals surface area contributed by atoms with Crippen LogP contribution in [-0.2, 0) is 13.6 Å². The Hall–Kier alpha value is -2.93. The molecule has 6 nitrogen and oxygen atoms in total. The molecule has 2 aromatic carbocycles. The molecule has 29 heavy (non-hydrogen) atoms. The molecule has 0 bridgehead atoms. The summed E-state index contributed by atoms with van der Waals surface area (Å²) in [7, 11) is 1.87. The van der Waals surface area contributed by atoms with Crippen LogP contribution in [0.5, 0.6) is 0 Å². The van der Waals surface area contributed by atoms with Crippen LogP contribution in [0.2, 0.25) is 0 Å². The molecule has 1 saturated carbocycles. The van der Waals surface area contributed by atoms with Crippen molar-refractivity contribution in [3.8, 4) is 0 Å². The second-order valence-electron chi connectivity index (χ2n) is 7.55. The van der Waals surface area contributed by atoms with Crippen molar-refractivity contribution in [2.75, 3.05) is 5.73 Å². The van der Waals surface area contributed by atoms with Gasteiger partial charge in [-0.1, -0.05) is 28.1 Å². The Morgan fingerprint density at radius 3 is 2.69 bits per heavy atom. The number of nitrogens with zero attached hydrogens (tertiary/aromatic N) is 4. The quantitative estimate of drug-likeness (QED) is 0.504. The lowest BCUT2D eigenvalue weighted by Crippen LogP contribution is -2.32. The van der Waals surface area contributed by atoms with E-state index in [9.17, 15) is 4.79 Å². The summed E-state index contributed by atoms with van der Waals surface area (Å²) in [6.07, 6.45) is 3.83. The summed E-state index contributed by atoms with van der Waals surface area (Å²) in [4.78, 5) is 19.9. The number of hydrogen-bond acceptors (Lipinski definition) is 4. The maximum atomic E-state index is 13.4. The van der Waals surface area contributed by atoms with Crippen LogP contribution in [0, 0.1) is 0 Å². The maximum Gasteiger partial charge on any atom is 0.254 e. The minimum atomic E-state index is 0.0458. The van der Waals surface area contributed by atoms with E-state index >= 15 is 0 Å². The molecule has 0 aliphatic heterocycles. The van der Waals surface area contributed by atoms with E-state index in [4.69, 9.17) is 5.73 Å². The highest BCUT2D eigenvalue weighted by molar-refractivity contribution is 9.10. The van der Waals surface area contributed by atoms with Gasteiger partial charge in [0.15, 0.2) is 0 Å². The van der Waals surface area contributed by atoms with E-state index in [-0.39, 0.29) is 5.91 Å². The van der Waals surface area contributed by atoms with E-state index in [1.54, 1.807) is 10.9 Å². The normalized spacial score (nSPS) is 13.9. The summed E-state index contributed by atoms with van der Waals surface area (Å²) in [5.41, 5.74) is 9.53. The number of amides is 1. The summed E-state index contributed by atoms with van der Waals surface area (Å²) < 4.78 is 2.82. The minimum Gasteiger partial charge on any atom is -0.383 e. The van der Waals surface area contributed by atoms with Crippen LogP contribution < -0.4 is 5.73 Å². The summed E-state index contributed by atoms with van der Waals surface area (Å²) in [6.45, 7) is 0.607. The van der Waals surface area contributed by atoms with Gasteiger partial charge in [0.2, 0.25) is 0 Å². The Bertz CT molecular complexity index is 1240. The van der Waals surface area contributed by atoms with Gasteiger partial charge in [0.25, 0.3) is 5.91 Å². The Morgan fingerprint density at radius 2 is 1.97 bits per heavy atom. The number of carbonyl (C=O) groups is 1. The van der Waals surface area contributed by atoms with Crippen molar-refractivity contribution in [2.45, 2.75) is 25.4 Å². The number of anilines is 1. The van der Waals surface area contributed by atoms with Crippen molar-refractivity contribution < 1.29 is 4.79 Å². The molecule has 2 aromatic heterocycles. The summed E-state index contributed by atoms with van der Waals surface area (Å²) in [5, 5.41) is 6.01. The van der Waals surface area contributed by atoms with Gasteiger partial charge in [-0.05, 0) is 48.7 Å². The van der Waals surface area contributed by atoms with Crippen LogP contribution in [0.4, 0.5) is 5.82 Å². The standard InChI is InChI=1S/C22H20BrN5O/c1-27-20-17-10-14(4-9-19(17)26-21(24)18(20)11-25-27)22(29)28(16-7-8-16)12-13-2-5-15(23)6-3-13/h2-6,9-11,16H,7-8,12H2,1H3,(H2,24,26). The number of nitrogen functional groups attached to an aromatic ring is 1. The molecule has 0 radical (unpaired) electrons. The van der Waals surface area contributed by atoms with Gasteiger partial charge in [0, 0.05) is 35.1 Å². The van der Waals surface area contributed by atoms with E-state index in [1.165, 1.54) is 0 Å². The second kappa shape index (κ2) is 6.84. The number of rotatable bonds is 4. The van der Waals surface area contributed by atoms with Crippen molar-refractivity contribution in [1.82, 2.24) is 19.7 Å². The van der Waals surface area contributed by atoms with E-state index in [0.717, 1.165) is 44.7 Å². The molecular formula is C22H20BrN5O. The van der Waals surface area contributed by atoms with Crippen LogP contribution in [0.3, 0.4) is 0 Å². The third kappa shape index (κ3) is 3.25. The Balaban J connectivity index is 1.55. The Labute approximate surface area is 176 Å². The molecule has 2 N–H and O–H groups in total. The van der Waals surface area contributed by atoms with Crippen LogP contribution >= 0.6 is 15.9 Å². The molecule has 146 valence electrons. The van der Waals surface area contributed by atoms with Gasteiger partial charge in [-0.25, -0.2) is 4.98 Å². The highest BCUT2D eigenvalue weighted by atomic mass is 79.9. The van der Waals surface area contributed by atoms with Gasteiger partial charge in [-0.2, -0.15) is 5.10 Å². The van der Waals surface area contributed by atoms with Gasteiger partial charge in [0.05, 0.1) is 22.6 Å². The topological polar surface area (TPSA) is 77.0 Å². The van der Waals surface area contributed by atoms with E-state index in [2.05, 4.69) is 38.1 Å². The Kier molecular flexibility index (Phi) is 4.28. The smallest absolute Gasteiger partial charge is 0.254 e. The zero-order valence-electron chi connectivity index (χ0n) is 16.0. The largest absolute Gasteiger partial charge is 0.383 e. The van der Waals surface area contributed by atoms with Crippen molar-refractivity contribution >= 4 is 49.5 Å². The summed E-state index contributed by atoms with van der Waals surface area (Å²) >= 11 is 3.47. The minimum absolute atomic E-state index is 0.0458. The van der Waals surface area contributed by atoms with Crippen molar-refractivity contribution in [3.63, 3.8) is 0 Å². The molecule has 4 aromatic rings. The number of carbonyl (C=O) groups excluding carboxylic acids is 1. The molecule has 0 saturated heterocycles. The van der Waals surface area contributed by atoms with Crippen LogP contribution in [0.15, 0.2) is 53.1 Å². The molecule has 5 rings (SSSR count). The molecule has 0 atom stereocenters. The SMILES string of the molecule is Cn1ncc2c(N)nc3ccc(C(=O)N(Cc4ccc(Br)cc4)C4CC4)cc3c21. The first-order valence-corrected chi connectivity index (χ1v) is 10.4. The van der Waals surface area contributed by atoms with Crippen molar-refractivity contribution in [3.05, 3.63) is 64.3 Å². The lowest BCUT2D eigenvalue weighted by atomic mass is 10.1. The number of nitrogens with two attached hydrogens (primary N) is 1. The lowest BCUT2D eigenvalue weighted by molar-refractivity contribution is 0.0730. The molecule has 0 spiro atoms. The number of fused-ring (bicyclic) bond motifs is 3. The van der Waals surface area contributed by atoms with Crippen LogP contribution in [0.1, 0.15) is 28.8 Å².